The molecule has 3 aromatic rings. The van der Waals surface area contributed by atoms with Gasteiger partial charge in [0.2, 0.25) is 5.91 Å². The Balaban J connectivity index is 1.38. The predicted molar refractivity (Wildman–Crippen MR) is 169 cm³/mol. The molecule has 1 unspecified atom stereocenters. The molecule has 0 bridgehead atoms. The molecule has 42 heavy (non-hydrogen) atoms. The molecule has 0 spiro atoms. The molecule has 2 amide bonds. The van der Waals surface area contributed by atoms with Crippen molar-refractivity contribution < 1.29 is 14.3 Å². The van der Waals surface area contributed by atoms with E-state index in [9.17, 15) is 14.4 Å². The van der Waals surface area contributed by atoms with E-state index in [-0.39, 0.29) is 34.9 Å². The number of aromatic nitrogens is 1. The van der Waals surface area contributed by atoms with E-state index in [0.717, 1.165) is 22.1 Å². The van der Waals surface area contributed by atoms with Crippen LogP contribution in [0.4, 0.5) is 0 Å². The normalized spacial score (nSPS) is 17.6. The van der Waals surface area contributed by atoms with Crippen LogP contribution in [0.15, 0.2) is 65.5 Å². The van der Waals surface area contributed by atoms with Gasteiger partial charge < -0.3 is 19.1 Å². The second kappa shape index (κ2) is 13.3. The molecule has 0 N–H and O–H groups in total. The van der Waals surface area contributed by atoms with Crippen molar-refractivity contribution in [1.29, 1.82) is 0 Å². The third kappa shape index (κ3) is 6.67. The van der Waals surface area contributed by atoms with E-state index in [1.165, 1.54) is 5.56 Å². The van der Waals surface area contributed by atoms with Crippen molar-refractivity contribution in [2.75, 3.05) is 59.0 Å². The molecule has 222 valence electrons. The van der Waals surface area contributed by atoms with Gasteiger partial charge >= 0.3 is 0 Å². The average molecular weight is 589 g/mol. The van der Waals surface area contributed by atoms with Gasteiger partial charge in [0.15, 0.2) is 0 Å². The molecule has 0 saturated carbocycles. The summed E-state index contributed by atoms with van der Waals surface area (Å²) in [5.41, 5.74) is 4.04. The summed E-state index contributed by atoms with van der Waals surface area (Å²) in [4.78, 5) is 46.3. The lowest BCUT2D eigenvalue weighted by molar-refractivity contribution is -0.136. The van der Waals surface area contributed by atoms with Crippen LogP contribution in [0.25, 0.3) is 0 Å². The molecule has 1 aromatic heterocycles. The standard InChI is InChI=1S/C33H41N4O4P/c1-23-4-7-26(8-5-23)25(3)31(27-9-11-28(42)12-10-27)37-24(2)6-13-29(33(37)40)32(39)36-16-14-34(15-17-36)22-30(38)35-18-20-41-21-19-35/h4-13,25,31H,14-22,42H2,1-3H3/t25-,31-/m1/s1. The number of carbonyl (C=O) groups is 2. The molecule has 2 aliphatic heterocycles. The van der Waals surface area contributed by atoms with E-state index in [4.69, 9.17) is 4.74 Å². The average Bonchev–Trinajstić information content (AvgIpc) is 3.00. The number of hydrogen-bond donors (Lipinski definition) is 0. The minimum Gasteiger partial charge on any atom is -0.378 e. The molecule has 2 saturated heterocycles. The number of benzene rings is 2. The second-order valence-electron chi connectivity index (χ2n) is 11.4. The zero-order valence-corrected chi connectivity index (χ0v) is 25.9. The molecule has 9 heteroatoms. The molecular weight excluding hydrogens is 547 g/mol. The van der Waals surface area contributed by atoms with Crippen LogP contribution in [0.3, 0.4) is 0 Å². The molecule has 3 heterocycles. The quantitative estimate of drug-likeness (QED) is 0.397. The number of nitrogens with zero attached hydrogens (tertiary/aromatic N) is 4. The zero-order valence-electron chi connectivity index (χ0n) is 24.8. The molecule has 5 rings (SSSR count). The number of piperazine rings is 1. The Bertz CT molecular complexity index is 1460. The first-order chi connectivity index (χ1) is 20.2. The monoisotopic (exact) mass is 588 g/mol. The summed E-state index contributed by atoms with van der Waals surface area (Å²) in [7, 11) is 2.71. The van der Waals surface area contributed by atoms with Crippen LogP contribution in [-0.2, 0) is 9.53 Å². The Morgan fingerprint density at radius 3 is 2.07 bits per heavy atom. The van der Waals surface area contributed by atoms with Gasteiger partial charge in [0, 0.05) is 50.9 Å². The van der Waals surface area contributed by atoms with Gasteiger partial charge in [-0.15, -0.1) is 9.24 Å². The van der Waals surface area contributed by atoms with Crippen LogP contribution in [-0.4, -0.2) is 90.1 Å². The Labute approximate surface area is 250 Å². The summed E-state index contributed by atoms with van der Waals surface area (Å²) in [5, 5.41) is 1.07. The van der Waals surface area contributed by atoms with Crippen molar-refractivity contribution in [2.45, 2.75) is 32.7 Å². The summed E-state index contributed by atoms with van der Waals surface area (Å²) < 4.78 is 7.15. The molecule has 2 aromatic carbocycles. The predicted octanol–water partition coefficient (Wildman–Crippen LogP) is 2.98. The van der Waals surface area contributed by atoms with E-state index in [0.29, 0.717) is 59.0 Å². The van der Waals surface area contributed by atoms with Gasteiger partial charge in [0.05, 0.1) is 25.8 Å². The Morgan fingerprint density at radius 1 is 0.810 bits per heavy atom. The number of aryl methyl sites for hydroxylation is 2. The van der Waals surface area contributed by atoms with Crippen LogP contribution in [0.2, 0.25) is 0 Å². The van der Waals surface area contributed by atoms with Gasteiger partial charge in [-0.25, -0.2) is 0 Å². The minimum absolute atomic E-state index is 0.0183. The fraction of sp³-hybridized carbons (Fsp3) is 0.424. The highest BCUT2D eigenvalue weighted by Crippen LogP contribution is 2.34. The number of ether oxygens (including phenoxy) is 1. The van der Waals surface area contributed by atoms with E-state index >= 15 is 0 Å². The fourth-order valence-corrected chi connectivity index (χ4v) is 6.14. The van der Waals surface area contributed by atoms with E-state index < -0.39 is 0 Å². The van der Waals surface area contributed by atoms with Gasteiger partial charge in [0.25, 0.3) is 11.5 Å². The number of morpholine rings is 1. The third-order valence-corrected chi connectivity index (χ3v) is 8.95. The Kier molecular flexibility index (Phi) is 9.57. The number of pyridine rings is 1. The number of hydrogen-bond acceptors (Lipinski definition) is 5. The maximum Gasteiger partial charge on any atom is 0.264 e. The van der Waals surface area contributed by atoms with Crippen LogP contribution < -0.4 is 10.9 Å². The highest BCUT2D eigenvalue weighted by atomic mass is 31.0. The number of carbonyl (C=O) groups excluding carboxylic acids is 2. The summed E-state index contributed by atoms with van der Waals surface area (Å²) in [6, 6.07) is 19.9. The van der Waals surface area contributed by atoms with Gasteiger partial charge in [0.1, 0.15) is 5.56 Å². The van der Waals surface area contributed by atoms with E-state index in [1.807, 2.05) is 30.0 Å². The summed E-state index contributed by atoms with van der Waals surface area (Å²) in [6.45, 7) is 11.0. The van der Waals surface area contributed by atoms with Gasteiger partial charge in [-0.2, -0.15) is 0 Å². The fourth-order valence-electron chi connectivity index (χ4n) is 5.94. The van der Waals surface area contributed by atoms with Crippen molar-refractivity contribution in [3.05, 3.63) is 99.0 Å². The maximum absolute atomic E-state index is 14.2. The summed E-state index contributed by atoms with van der Waals surface area (Å²) in [5.74, 6) is -0.173. The van der Waals surface area contributed by atoms with Crippen LogP contribution in [0.5, 0.6) is 0 Å². The van der Waals surface area contributed by atoms with Crippen LogP contribution in [0.1, 0.15) is 51.6 Å². The molecule has 0 radical (unpaired) electrons. The van der Waals surface area contributed by atoms with Gasteiger partial charge in [-0.05, 0) is 42.4 Å². The van der Waals surface area contributed by atoms with E-state index in [1.54, 1.807) is 15.5 Å². The lowest BCUT2D eigenvalue weighted by atomic mass is 9.87. The second-order valence-corrected chi connectivity index (χ2v) is 12.1. The molecule has 2 fully saturated rings. The molecule has 3 atom stereocenters. The smallest absolute Gasteiger partial charge is 0.264 e. The highest BCUT2D eigenvalue weighted by Gasteiger charge is 2.30. The third-order valence-electron chi connectivity index (χ3n) is 8.57. The van der Waals surface area contributed by atoms with Crippen molar-refractivity contribution in [3.8, 4) is 0 Å². The molecule has 0 aliphatic carbocycles. The lowest BCUT2D eigenvalue weighted by Crippen LogP contribution is -2.53. The SMILES string of the molecule is Cc1ccc([C@@H](C)[C@H](c2ccc(P)cc2)n2c(C)ccc(C(=O)N3CCN(CC(=O)N4CCOCC4)CC3)c2=O)cc1. The largest absolute Gasteiger partial charge is 0.378 e. The Hall–Kier alpha value is -3.32. The first-order valence-electron chi connectivity index (χ1n) is 14.7. The van der Waals surface area contributed by atoms with E-state index in [2.05, 4.69) is 64.4 Å². The van der Waals surface area contributed by atoms with Crippen LogP contribution >= 0.6 is 9.24 Å². The molecule has 8 nitrogen and oxygen atoms in total. The lowest BCUT2D eigenvalue weighted by Gasteiger charge is -2.36. The summed E-state index contributed by atoms with van der Waals surface area (Å²) >= 11 is 0. The highest BCUT2D eigenvalue weighted by molar-refractivity contribution is 7.27. The van der Waals surface area contributed by atoms with Crippen molar-refractivity contribution in [1.82, 2.24) is 19.3 Å². The minimum atomic E-state index is -0.290. The first-order valence-corrected chi connectivity index (χ1v) is 15.3. The van der Waals surface area contributed by atoms with Gasteiger partial charge in [-0.1, -0.05) is 61.0 Å². The first kappa shape index (κ1) is 30.1. The van der Waals surface area contributed by atoms with Crippen molar-refractivity contribution in [2.24, 2.45) is 0 Å². The molecule has 2 aliphatic rings. The number of amides is 2. The summed E-state index contributed by atoms with van der Waals surface area (Å²) in [6.07, 6.45) is 0. The topological polar surface area (TPSA) is 75.1 Å². The van der Waals surface area contributed by atoms with Gasteiger partial charge in [-0.3, -0.25) is 19.3 Å². The number of rotatable bonds is 7. The zero-order chi connectivity index (χ0) is 29.8. The Morgan fingerprint density at radius 2 is 1.43 bits per heavy atom. The molecular formula is C33H41N4O4P. The van der Waals surface area contributed by atoms with Crippen molar-refractivity contribution in [3.63, 3.8) is 0 Å². The van der Waals surface area contributed by atoms with Crippen molar-refractivity contribution >= 4 is 26.4 Å². The maximum atomic E-state index is 14.2. The van der Waals surface area contributed by atoms with Crippen LogP contribution in [0, 0.1) is 13.8 Å².